The summed E-state index contributed by atoms with van der Waals surface area (Å²) in [6, 6.07) is 16.6. The Morgan fingerprint density at radius 3 is 2.39 bits per heavy atom. The molecule has 124 valence electrons. The van der Waals surface area contributed by atoms with E-state index in [2.05, 4.69) is 37.8 Å². The SMILES string of the molecule is CCN(CC)C(C)CCOc1ccc(Cl)cc1-c1ccccc1. The monoisotopic (exact) mass is 331 g/mol. The summed E-state index contributed by atoms with van der Waals surface area (Å²) in [5, 5.41) is 0.729. The number of nitrogens with zero attached hydrogens (tertiary/aromatic N) is 1. The Labute approximate surface area is 145 Å². The summed E-state index contributed by atoms with van der Waals surface area (Å²) >= 11 is 6.17. The van der Waals surface area contributed by atoms with Gasteiger partial charge in [0.2, 0.25) is 0 Å². The molecule has 2 aromatic carbocycles. The predicted molar refractivity (Wildman–Crippen MR) is 99.4 cm³/mol. The van der Waals surface area contributed by atoms with Crippen molar-refractivity contribution >= 4 is 11.6 Å². The highest BCUT2D eigenvalue weighted by molar-refractivity contribution is 6.31. The number of halogens is 1. The standard InChI is InChI=1S/C20H26ClNO/c1-4-22(5-2)16(3)13-14-23-20-12-11-18(21)15-19(20)17-9-7-6-8-10-17/h6-12,15-16H,4-5,13-14H2,1-3H3. The van der Waals surface area contributed by atoms with Crippen molar-refractivity contribution in [2.75, 3.05) is 19.7 Å². The molecule has 2 aromatic rings. The first-order valence-electron chi connectivity index (χ1n) is 8.37. The number of benzene rings is 2. The molecule has 0 spiro atoms. The largest absolute Gasteiger partial charge is 0.493 e. The van der Waals surface area contributed by atoms with Crippen molar-refractivity contribution in [3.8, 4) is 16.9 Å². The molecule has 0 amide bonds. The van der Waals surface area contributed by atoms with E-state index in [0.29, 0.717) is 12.6 Å². The second-order valence-electron chi connectivity index (χ2n) is 5.71. The average molecular weight is 332 g/mol. The highest BCUT2D eigenvalue weighted by Crippen LogP contribution is 2.32. The van der Waals surface area contributed by atoms with E-state index in [1.807, 2.05) is 36.4 Å². The van der Waals surface area contributed by atoms with Crippen LogP contribution in [0.4, 0.5) is 0 Å². The van der Waals surface area contributed by atoms with E-state index in [4.69, 9.17) is 16.3 Å². The van der Waals surface area contributed by atoms with Gasteiger partial charge in [-0.2, -0.15) is 0 Å². The van der Waals surface area contributed by atoms with Gasteiger partial charge in [-0.3, -0.25) is 0 Å². The zero-order valence-corrected chi connectivity index (χ0v) is 15.0. The van der Waals surface area contributed by atoms with Crippen LogP contribution in [-0.4, -0.2) is 30.6 Å². The summed E-state index contributed by atoms with van der Waals surface area (Å²) in [4.78, 5) is 2.45. The fourth-order valence-electron chi connectivity index (χ4n) is 2.84. The minimum atomic E-state index is 0.525. The van der Waals surface area contributed by atoms with E-state index < -0.39 is 0 Å². The number of hydrogen-bond acceptors (Lipinski definition) is 2. The van der Waals surface area contributed by atoms with Crippen molar-refractivity contribution in [3.63, 3.8) is 0 Å². The van der Waals surface area contributed by atoms with E-state index in [-0.39, 0.29) is 0 Å². The van der Waals surface area contributed by atoms with Crippen molar-refractivity contribution in [2.24, 2.45) is 0 Å². The van der Waals surface area contributed by atoms with E-state index in [0.717, 1.165) is 41.4 Å². The number of hydrogen-bond donors (Lipinski definition) is 0. The minimum absolute atomic E-state index is 0.525. The summed E-state index contributed by atoms with van der Waals surface area (Å²) in [5.74, 6) is 0.896. The lowest BCUT2D eigenvalue weighted by Crippen LogP contribution is -2.33. The maximum absolute atomic E-state index is 6.17. The van der Waals surface area contributed by atoms with Gasteiger partial charge in [0.25, 0.3) is 0 Å². The lowest BCUT2D eigenvalue weighted by molar-refractivity contribution is 0.189. The van der Waals surface area contributed by atoms with Crippen molar-refractivity contribution in [3.05, 3.63) is 53.6 Å². The van der Waals surface area contributed by atoms with Crippen LogP contribution in [0.5, 0.6) is 5.75 Å². The molecule has 0 N–H and O–H groups in total. The summed E-state index contributed by atoms with van der Waals surface area (Å²) in [6.07, 6.45) is 1.01. The van der Waals surface area contributed by atoms with Gasteiger partial charge in [0.05, 0.1) is 6.61 Å². The summed E-state index contributed by atoms with van der Waals surface area (Å²) in [6.45, 7) is 9.53. The quantitative estimate of drug-likeness (QED) is 0.632. The second-order valence-corrected chi connectivity index (χ2v) is 6.15. The van der Waals surface area contributed by atoms with Gasteiger partial charge in [-0.05, 0) is 50.2 Å². The fraction of sp³-hybridized carbons (Fsp3) is 0.400. The first kappa shape index (κ1) is 17.8. The van der Waals surface area contributed by atoms with Crippen LogP contribution in [0.25, 0.3) is 11.1 Å². The van der Waals surface area contributed by atoms with Crippen LogP contribution < -0.4 is 4.74 Å². The van der Waals surface area contributed by atoms with Crippen molar-refractivity contribution in [2.45, 2.75) is 33.2 Å². The van der Waals surface area contributed by atoms with Crippen LogP contribution in [0.2, 0.25) is 5.02 Å². The Bertz CT molecular complexity index is 596. The molecule has 23 heavy (non-hydrogen) atoms. The van der Waals surface area contributed by atoms with Gasteiger partial charge < -0.3 is 9.64 Å². The van der Waals surface area contributed by atoms with E-state index in [1.165, 1.54) is 0 Å². The lowest BCUT2D eigenvalue weighted by atomic mass is 10.0. The number of ether oxygens (including phenoxy) is 1. The zero-order chi connectivity index (χ0) is 16.7. The van der Waals surface area contributed by atoms with Crippen molar-refractivity contribution in [1.29, 1.82) is 0 Å². The fourth-order valence-corrected chi connectivity index (χ4v) is 3.01. The van der Waals surface area contributed by atoms with E-state index >= 15 is 0 Å². The van der Waals surface area contributed by atoms with Gasteiger partial charge in [0, 0.05) is 16.6 Å². The van der Waals surface area contributed by atoms with E-state index in [1.54, 1.807) is 0 Å². The molecule has 2 nitrogen and oxygen atoms in total. The first-order valence-corrected chi connectivity index (χ1v) is 8.75. The van der Waals surface area contributed by atoms with Gasteiger partial charge >= 0.3 is 0 Å². The first-order chi connectivity index (χ1) is 11.2. The smallest absolute Gasteiger partial charge is 0.127 e. The van der Waals surface area contributed by atoms with Gasteiger partial charge in [-0.1, -0.05) is 55.8 Å². The predicted octanol–water partition coefficient (Wildman–Crippen LogP) is 5.51. The molecule has 0 aliphatic rings. The number of rotatable bonds is 8. The topological polar surface area (TPSA) is 12.5 Å². The second kappa shape index (κ2) is 8.95. The zero-order valence-electron chi connectivity index (χ0n) is 14.3. The maximum Gasteiger partial charge on any atom is 0.127 e. The maximum atomic E-state index is 6.17. The molecule has 0 aromatic heterocycles. The van der Waals surface area contributed by atoms with Crippen LogP contribution in [-0.2, 0) is 0 Å². The minimum Gasteiger partial charge on any atom is -0.493 e. The molecule has 0 radical (unpaired) electrons. The van der Waals surface area contributed by atoms with Crippen LogP contribution in [0.15, 0.2) is 48.5 Å². The third kappa shape index (κ3) is 4.98. The molecular weight excluding hydrogens is 306 g/mol. The molecule has 0 aliphatic carbocycles. The average Bonchev–Trinajstić information content (AvgIpc) is 2.58. The van der Waals surface area contributed by atoms with Gasteiger partial charge in [0.1, 0.15) is 5.75 Å². The van der Waals surface area contributed by atoms with Gasteiger partial charge in [-0.25, -0.2) is 0 Å². The normalized spacial score (nSPS) is 12.4. The molecule has 3 heteroatoms. The van der Waals surface area contributed by atoms with Crippen LogP contribution in [0, 0.1) is 0 Å². The van der Waals surface area contributed by atoms with Crippen molar-refractivity contribution in [1.82, 2.24) is 4.90 Å². The Morgan fingerprint density at radius 1 is 1.04 bits per heavy atom. The third-order valence-electron chi connectivity index (χ3n) is 4.26. The molecule has 1 unspecified atom stereocenters. The molecule has 2 rings (SSSR count). The Balaban J connectivity index is 2.06. The highest BCUT2D eigenvalue weighted by atomic mass is 35.5. The summed E-state index contributed by atoms with van der Waals surface area (Å²) in [7, 11) is 0. The van der Waals surface area contributed by atoms with Crippen LogP contribution in [0.1, 0.15) is 27.2 Å². The summed E-state index contributed by atoms with van der Waals surface area (Å²) in [5.41, 5.74) is 2.18. The molecule has 0 heterocycles. The molecule has 0 fully saturated rings. The van der Waals surface area contributed by atoms with Gasteiger partial charge in [0.15, 0.2) is 0 Å². The highest BCUT2D eigenvalue weighted by Gasteiger charge is 2.11. The lowest BCUT2D eigenvalue weighted by Gasteiger charge is -2.26. The molecule has 0 bridgehead atoms. The third-order valence-corrected chi connectivity index (χ3v) is 4.49. The molecule has 0 saturated heterocycles. The molecule has 0 aliphatic heterocycles. The Kier molecular flexibility index (Phi) is 6.94. The van der Waals surface area contributed by atoms with Gasteiger partial charge in [-0.15, -0.1) is 0 Å². The molecular formula is C20H26ClNO. The van der Waals surface area contributed by atoms with Crippen molar-refractivity contribution < 1.29 is 4.74 Å². The molecule has 1 atom stereocenters. The Morgan fingerprint density at radius 2 is 1.74 bits per heavy atom. The van der Waals surface area contributed by atoms with E-state index in [9.17, 15) is 0 Å². The van der Waals surface area contributed by atoms with Crippen LogP contribution in [0.3, 0.4) is 0 Å². The molecule has 0 saturated carbocycles. The Hall–Kier alpha value is -1.51. The summed E-state index contributed by atoms with van der Waals surface area (Å²) < 4.78 is 6.07. The van der Waals surface area contributed by atoms with Crippen LogP contribution >= 0.6 is 11.6 Å².